The highest BCUT2D eigenvalue weighted by Gasteiger charge is 2.33. The van der Waals surface area contributed by atoms with E-state index in [9.17, 15) is 5.11 Å². The number of aromatic nitrogens is 1. The van der Waals surface area contributed by atoms with Crippen LogP contribution in [0, 0.1) is 5.41 Å². The first-order chi connectivity index (χ1) is 12.6. The lowest BCUT2D eigenvalue weighted by molar-refractivity contribution is 0.295. The molecule has 0 saturated carbocycles. The molecule has 1 atom stereocenters. The lowest BCUT2D eigenvalue weighted by Crippen LogP contribution is -2.36. The Hall–Kier alpha value is -2.86. The molecule has 26 heavy (non-hydrogen) atoms. The van der Waals surface area contributed by atoms with Crippen LogP contribution in [0.2, 0.25) is 0 Å². The summed E-state index contributed by atoms with van der Waals surface area (Å²) >= 11 is 1.45. The van der Waals surface area contributed by atoms with Gasteiger partial charge in [-0.15, -0.1) is 11.3 Å². The van der Waals surface area contributed by atoms with E-state index in [0.29, 0.717) is 29.4 Å². The average molecular weight is 365 g/mol. The van der Waals surface area contributed by atoms with Crippen LogP contribution in [0.3, 0.4) is 0 Å². The van der Waals surface area contributed by atoms with Gasteiger partial charge in [0.25, 0.3) is 0 Å². The van der Waals surface area contributed by atoms with Crippen molar-refractivity contribution in [2.45, 2.75) is 19.4 Å². The molecule has 6 heteroatoms. The molecule has 4 rings (SSSR count). The standard InChI is InChI=1S/C20H19N3O2S/c1-13(10-15-8-5-9-25-15)23-11-17(24)18(19(23)21)20-22-16(12-26-20)14-6-3-2-4-7-14/h2-9,12-13,21,24H,10-11H2,1H3/t13-/m0/s1. The molecule has 5 nitrogen and oxygen atoms in total. The highest BCUT2D eigenvalue weighted by Crippen LogP contribution is 2.33. The van der Waals surface area contributed by atoms with Crippen LogP contribution in [0.25, 0.3) is 16.8 Å². The summed E-state index contributed by atoms with van der Waals surface area (Å²) < 4.78 is 5.41. The van der Waals surface area contributed by atoms with Crippen molar-refractivity contribution in [2.24, 2.45) is 0 Å². The Kier molecular flexibility index (Phi) is 4.34. The van der Waals surface area contributed by atoms with E-state index < -0.39 is 0 Å². The van der Waals surface area contributed by atoms with Gasteiger partial charge in [0.15, 0.2) is 0 Å². The highest BCUT2D eigenvalue weighted by atomic mass is 32.1. The normalized spacial score (nSPS) is 15.7. The molecule has 0 saturated heterocycles. The van der Waals surface area contributed by atoms with Gasteiger partial charge in [0.05, 0.1) is 24.1 Å². The number of nitrogens with one attached hydrogen (secondary N) is 1. The number of hydrogen-bond acceptors (Lipinski definition) is 5. The molecule has 1 aromatic carbocycles. The summed E-state index contributed by atoms with van der Waals surface area (Å²) in [6.45, 7) is 2.36. The molecule has 0 amide bonds. The highest BCUT2D eigenvalue weighted by molar-refractivity contribution is 7.11. The third-order valence-corrected chi connectivity index (χ3v) is 5.39. The number of benzene rings is 1. The molecule has 0 spiro atoms. The lowest BCUT2D eigenvalue weighted by atomic mass is 10.1. The second-order valence-electron chi connectivity index (χ2n) is 6.33. The van der Waals surface area contributed by atoms with Gasteiger partial charge < -0.3 is 14.4 Å². The summed E-state index contributed by atoms with van der Waals surface area (Å²) in [4.78, 5) is 6.53. The van der Waals surface area contributed by atoms with Crippen LogP contribution < -0.4 is 0 Å². The Balaban J connectivity index is 1.55. The van der Waals surface area contributed by atoms with E-state index in [1.807, 2.05) is 59.7 Å². The number of nitrogens with zero attached hydrogens (tertiary/aromatic N) is 2. The third kappa shape index (κ3) is 3.04. The molecule has 2 N–H and O–H groups in total. The molecule has 0 fully saturated rings. The second-order valence-corrected chi connectivity index (χ2v) is 7.19. The van der Waals surface area contributed by atoms with Crippen molar-refractivity contribution in [1.82, 2.24) is 9.88 Å². The molecule has 132 valence electrons. The molecule has 2 aromatic heterocycles. The second kappa shape index (κ2) is 6.80. The molecule has 3 aromatic rings. The monoisotopic (exact) mass is 365 g/mol. The fraction of sp³-hybridized carbons (Fsp3) is 0.200. The maximum Gasteiger partial charge on any atom is 0.135 e. The predicted octanol–water partition coefficient (Wildman–Crippen LogP) is 4.60. The Labute approximate surface area is 155 Å². The van der Waals surface area contributed by atoms with Crippen molar-refractivity contribution in [3.8, 4) is 11.3 Å². The zero-order valence-corrected chi connectivity index (χ0v) is 15.2. The van der Waals surface area contributed by atoms with Gasteiger partial charge in [0.1, 0.15) is 22.4 Å². The van der Waals surface area contributed by atoms with Crippen molar-refractivity contribution in [2.75, 3.05) is 6.54 Å². The number of aliphatic hydroxyl groups is 1. The zero-order valence-electron chi connectivity index (χ0n) is 14.3. The average Bonchev–Trinajstić information content (AvgIpc) is 3.37. The van der Waals surface area contributed by atoms with Crippen LogP contribution in [-0.2, 0) is 6.42 Å². The van der Waals surface area contributed by atoms with Crippen LogP contribution in [-0.4, -0.2) is 33.4 Å². The van der Waals surface area contributed by atoms with Gasteiger partial charge in [-0.3, -0.25) is 5.41 Å². The quantitative estimate of drug-likeness (QED) is 0.693. The number of rotatable bonds is 5. The molecule has 3 heterocycles. The van der Waals surface area contributed by atoms with Crippen LogP contribution >= 0.6 is 11.3 Å². The van der Waals surface area contributed by atoms with Crippen LogP contribution in [0.1, 0.15) is 17.7 Å². The fourth-order valence-corrected chi connectivity index (χ4v) is 4.06. The molecule has 0 bridgehead atoms. The van der Waals surface area contributed by atoms with Gasteiger partial charge in [-0.1, -0.05) is 30.3 Å². The Morgan fingerprint density at radius 1 is 1.27 bits per heavy atom. The smallest absolute Gasteiger partial charge is 0.135 e. The number of thiazole rings is 1. The van der Waals surface area contributed by atoms with E-state index in [1.165, 1.54) is 11.3 Å². The Morgan fingerprint density at radius 2 is 2.08 bits per heavy atom. The fourth-order valence-electron chi connectivity index (χ4n) is 3.16. The molecule has 0 radical (unpaired) electrons. The van der Waals surface area contributed by atoms with Gasteiger partial charge in [-0.05, 0) is 19.1 Å². The van der Waals surface area contributed by atoms with Crippen LogP contribution in [0.5, 0.6) is 0 Å². The van der Waals surface area contributed by atoms with Gasteiger partial charge in [0, 0.05) is 23.4 Å². The first-order valence-corrected chi connectivity index (χ1v) is 9.33. The zero-order chi connectivity index (χ0) is 18.1. The van der Waals surface area contributed by atoms with Crippen molar-refractivity contribution >= 4 is 22.7 Å². The number of hydrogen-bond donors (Lipinski definition) is 2. The van der Waals surface area contributed by atoms with Crippen LogP contribution in [0.15, 0.2) is 64.3 Å². The summed E-state index contributed by atoms with van der Waals surface area (Å²) in [7, 11) is 0. The summed E-state index contributed by atoms with van der Waals surface area (Å²) in [6, 6.07) is 13.8. The van der Waals surface area contributed by atoms with Crippen molar-refractivity contribution in [3.05, 3.63) is 70.6 Å². The summed E-state index contributed by atoms with van der Waals surface area (Å²) in [5.74, 6) is 1.39. The molecule has 0 unspecified atom stereocenters. The summed E-state index contributed by atoms with van der Waals surface area (Å²) in [5, 5.41) is 21.7. The third-order valence-electron chi connectivity index (χ3n) is 4.53. The molecular weight excluding hydrogens is 346 g/mol. The minimum Gasteiger partial charge on any atom is -0.510 e. The van der Waals surface area contributed by atoms with E-state index in [4.69, 9.17) is 9.83 Å². The van der Waals surface area contributed by atoms with E-state index in [-0.39, 0.29) is 11.8 Å². The van der Waals surface area contributed by atoms with E-state index in [0.717, 1.165) is 17.0 Å². The maximum absolute atomic E-state index is 10.5. The van der Waals surface area contributed by atoms with E-state index in [2.05, 4.69) is 4.98 Å². The minimum absolute atomic E-state index is 0.0434. The SMILES string of the molecule is C[C@@H](Cc1ccco1)N1CC(O)=C(c2nc(-c3ccccc3)cs2)C1=N. The van der Waals surface area contributed by atoms with E-state index >= 15 is 0 Å². The van der Waals surface area contributed by atoms with Crippen LogP contribution in [0.4, 0.5) is 0 Å². The first-order valence-electron chi connectivity index (χ1n) is 8.45. The number of amidine groups is 1. The molecule has 1 aliphatic heterocycles. The first kappa shape index (κ1) is 16.6. The molecule has 0 aliphatic carbocycles. The molecule has 1 aliphatic rings. The van der Waals surface area contributed by atoms with Crippen molar-refractivity contribution in [3.63, 3.8) is 0 Å². The predicted molar refractivity (Wildman–Crippen MR) is 103 cm³/mol. The summed E-state index contributed by atoms with van der Waals surface area (Å²) in [6.07, 6.45) is 2.34. The number of furan rings is 1. The lowest BCUT2D eigenvalue weighted by Gasteiger charge is -2.25. The van der Waals surface area contributed by atoms with Gasteiger partial charge >= 0.3 is 0 Å². The Bertz CT molecular complexity index is 945. The van der Waals surface area contributed by atoms with Gasteiger partial charge in [-0.2, -0.15) is 0 Å². The van der Waals surface area contributed by atoms with Crippen molar-refractivity contribution < 1.29 is 9.52 Å². The summed E-state index contributed by atoms with van der Waals surface area (Å²) in [5.41, 5.74) is 2.42. The minimum atomic E-state index is 0.0434. The maximum atomic E-state index is 10.5. The van der Waals surface area contributed by atoms with Gasteiger partial charge in [-0.25, -0.2) is 4.98 Å². The largest absolute Gasteiger partial charge is 0.510 e. The van der Waals surface area contributed by atoms with Gasteiger partial charge in [0.2, 0.25) is 0 Å². The number of aliphatic hydroxyl groups excluding tert-OH is 1. The molecular formula is C20H19N3O2S. The topological polar surface area (TPSA) is 73.3 Å². The Morgan fingerprint density at radius 3 is 2.81 bits per heavy atom. The van der Waals surface area contributed by atoms with E-state index in [1.54, 1.807) is 6.26 Å². The van der Waals surface area contributed by atoms with Crippen molar-refractivity contribution in [1.29, 1.82) is 5.41 Å².